The van der Waals surface area contributed by atoms with Gasteiger partial charge in [0, 0.05) is 18.3 Å². The van der Waals surface area contributed by atoms with E-state index in [0.29, 0.717) is 11.3 Å². The first-order valence-electron chi connectivity index (χ1n) is 9.57. The number of aromatic nitrogens is 2. The van der Waals surface area contributed by atoms with Gasteiger partial charge in [-0.1, -0.05) is 25.0 Å². The number of nitrogens with zero attached hydrogens (tertiary/aromatic N) is 1. The number of anilines is 1. The van der Waals surface area contributed by atoms with Crippen molar-refractivity contribution in [1.29, 1.82) is 0 Å². The van der Waals surface area contributed by atoms with E-state index in [9.17, 15) is 24.0 Å². The maximum Gasteiger partial charge on any atom is 0.328 e. The summed E-state index contributed by atoms with van der Waals surface area (Å²) in [5.41, 5.74) is -0.708. The highest BCUT2D eigenvalue weighted by Crippen LogP contribution is 2.20. The summed E-state index contributed by atoms with van der Waals surface area (Å²) in [5.74, 6) is -1.72. The lowest BCUT2D eigenvalue weighted by Gasteiger charge is -2.15. The van der Waals surface area contributed by atoms with Gasteiger partial charge in [-0.3, -0.25) is 28.7 Å². The highest BCUT2D eigenvalue weighted by molar-refractivity contribution is 6.04. The van der Waals surface area contributed by atoms with Crippen LogP contribution in [0.25, 0.3) is 0 Å². The zero-order chi connectivity index (χ0) is 21.5. The second-order valence-electron chi connectivity index (χ2n) is 6.95. The standard InChI is InChI=1S/C20H22N4O6/c25-16-9-10-24(20(29)23-16)11-18(27)30-12-17(26)22-15-8-4-3-7-14(15)19(28)21-13-5-1-2-6-13/h3-4,7-10,13H,1-2,5-6,11-12H2,(H,21,28)(H,22,26)(H,23,25,29). The Morgan fingerprint density at radius 3 is 2.57 bits per heavy atom. The minimum atomic E-state index is -0.827. The minimum absolute atomic E-state index is 0.138. The quantitative estimate of drug-likeness (QED) is 0.560. The molecule has 2 aromatic rings. The smallest absolute Gasteiger partial charge is 0.328 e. The molecule has 0 spiro atoms. The molecule has 10 heteroatoms. The summed E-state index contributed by atoms with van der Waals surface area (Å²) < 4.78 is 5.82. The Morgan fingerprint density at radius 2 is 1.83 bits per heavy atom. The highest BCUT2D eigenvalue weighted by Gasteiger charge is 2.20. The number of carbonyl (C=O) groups excluding carboxylic acids is 3. The molecule has 0 bridgehead atoms. The topological polar surface area (TPSA) is 139 Å². The molecule has 3 N–H and O–H groups in total. The van der Waals surface area contributed by atoms with Gasteiger partial charge in [0.1, 0.15) is 6.54 Å². The number of hydrogen-bond donors (Lipinski definition) is 3. The average Bonchev–Trinajstić information content (AvgIpc) is 3.22. The summed E-state index contributed by atoms with van der Waals surface area (Å²) in [6.07, 6.45) is 5.20. The molecule has 0 atom stereocenters. The normalized spacial score (nSPS) is 13.6. The van der Waals surface area contributed by atoms with Gasteiger partial charge in [-0.05, 0) is 25.0 Å². The number of H-pyrrole nitrogens is 1. The van der Waals surface area contributed by atoms with Gasteiger partial charge >= 0.3 is 11.7 Å². The van der Waals surface area contributed by atoms with Crippen molar-refractivity contribution in [2.75, 3.05) is 11.9 Å². The molecule has 0 radical (unpaired) electrons. The lowest BCUT2D eigenvalue weighted by atomic mass is 10.1. The van der Waals surface area contributed by atoms with Crippen LogP contribution < -0.4 is 21.9 Å². The van der Waals surface area contributed by atoms with Crippen LogP contribution >= 0.6 is 0 Å². The Morgan fingerprint density at radius 1 is 1.10 bits per heavy atom. The first kappa shape index (κ1) is 21.0. The molecule has 30 heavy (non-hydrogen) atoms. The van der Waals surface area contributed by atoms with Crippen molar-refractivity contribution in [1.82, 2.24) is 14.9 Å². The first-order chi connectivity index (χ1) is 14.4. The molecular formula is C20H22N4O6. The van der Waals surface area contributed by atoms with Crippen molar-refractivity contribution >= 4 is 23.5 Å². The van der Waals surface area contributed by atoms with Crippen molar-refractivity contribution < 1.29 is 19.1 Å². The third-order valence-electron chi connectivity index (χ3n) is 4.70. The van der Waals surface area contributed by atoms with Gasteiger partial charge in [-0.15, -0.1) is 0 Å². The van der Waals surface area contributed by atoms with Gasteiger partial charge in [0.25, 0.3) is 17.4 Å². The molecule has 1 aromatic heterocycles. The minimum Gasteiger partial charge on any atom is -0.454 e. The van der Waals surface area contributed by atoms with Crippen LogP contribution in [0.2, 0.25) is 0 Å². The van der Waals surface area contributed by atoms with Crippen LogP contribution in [0, 0.1) is 0 Å². The first-order valence-corrected chi connectivity index (χ1v) is 9.57. The summed E-state index contributed by atoms with van der Waals surface area (Å²) in [7, 11) is 0. The number of para-hydroxylation sites is 1. The zero-order valence-corrected chi connectivity index (χ0v) is 16.2. The van der Waals surface area contributed by atoms with E-state index >= 15 is 0 Å². The van der Waals surface area contributed by atoms with E-state index in [2.05, 4.69) is 10.6 Å². The largest absolute Gasteiger partial charge is 0.454 e. The van der Waals surface area contributed by atoms with Gasteiger partial charge in [0.2, 0.25) is 0 Å². The average molecular weight is 414 g/mol. The Balaban J connectivity index is 1.54. The van der Waals surface area contributed by atoms with E-state index in [1.807, 2.05) is 4.98 Å². The monoisotopic (exact) mass is 414 g/mol. The summed E-state index contributed by atoms with van der Waals surface area (Å²) in [6, 6.07) is 7.79. The van der Waals surface area contributed by atoms with Crippen LogP contribution in [0.5, 0.6) is 0 Å². The maximum atomic E-state index is 12.5. The third kappa shape index (κ3) is 5.66. The molecule has 0 aliphatic heterocycles. The molecule has 1 aliphatic rings. The molecule has 0 unspecified atom stereocenters. The Bertz CT molecular complexity index is 1050. The SMILES string of the molecule is O=C(COC(=O)Cn1ccc(=O)[nH]c1=O)Nc1ccccc1C(=O)NC1CCCC1. The van der Waals surface area contributed by atoms with E-state index in [1.165, 1.54) is 0 Å². The van der Waals surface area contributed by atoms with Crippen LogP contribution in [-0.2, 0) is 20.9 Å². The number of benzene rings is 1. The molecule has 1 saturated carbocycles. The number of aromatic amines is 1. The second kappa shape index (κ2) is 9.68. The van der Waals surface area contributed by atoms with Gasteiger partial charge in [0.15, 0.2) is 6.61 Å². The van der Waals surface area contributed by atoms with Crippen LogP contribution in [0.3, 0.4) is 0 Å². The fourth-order valence-electron chi connectivity index (χ4n) is 3.21. The number of rotatable bonds is 7. The predicted octanol–water partition coefficient (Wildman–Crippen LogP) is 0.391. The lowest BCUT2D eigenvalue weighted by Crippen LogP contribution is -2.33. The fraction of sp³-hybridized carbons (Fsp3) is 0.350. The molecular weight excluding hydrogens is 392 g/mol. The van der Waals surface area contributed by atoms with Crippen LogP contribution in [0.15, 0.2) is 46.1 Å². The number of hydrogen-bond acceptors (Lipinski definition) is 6. The summed E-state index contributed by atoms with van der Waals surface area (Å²) >= 11 is 0. The van der Waals surface area contributed by atoms with Crippen molar-refractivity contribution in [2.24, 2.45) is 0 Å². The molecule has 158 valence electrons. The van der Waals surface area contributed by atoms with Gasteiger partial charge in [0.05, 0.1) is 11.3 Å². The number of esters is 1. The van der Waals surface area contributed by atoms with Crippen LogP contribution in [0.4, 0.5) is 5.69 Å². The molecule has 1 heterocycles. The number of carbonyl (C=O) groups is 3. The Hall–Kier alpha value is -3.69. The lowest BCUT2D eigenvalue weighted by molar-refractivity contribution is -0.148. The van der Waals surface area contributed by atoms with Crippen LogP contribution in [-0.4, -0.2) is 40.0 Å². The van der Waals surface area contributed by atoms with E-state index in [0.717, 1.165) is 42.5 Å². The van der Waals surface area contributed by atoms with E-state index < -0.39 is 36.3 Å². The Labute approximate surface area is 171 Å². The molecule has 0 saturated heterocycles. The maximum absolute atomic E-state index is 12.5. The molecule has 3 rings (SSSR count). The van der Waals surface area contributed by atoms with Gasteiger partial charge in [-0.25, -0.2) is 4.79 Å². The van der Waals surface area contributed by atoms with E-state index in [-0.39, 0.29) is 11.9 Å². The van der Waals surface area contributed by atoms with Gasteiger partial charge in [-0.2, -0.15) is 0 Å². The van der Waals surface area contributed by atoms with Crippen molar-refractivity contribution in [3.63, 3.8) is 0 Å². The fourth-order valence-corrected chi connectivity index (χ4v) is 3.21. The van der Waals surface area contributed by atoms with Crippen molar-refractivity contribution in [2.45, 2.75) is 38.3 Å². The summed E-state index contributed by atoms with van der Waals surface area (Å²) in [5, 5.41) is 5.52. The molecule has 1 aliphatic carbocycles. The van der Waals surface area contributed by atoms with Crippen molar-refractivity contribution in [3.05, 3.63) is 62.9 Å². The van der Waals surface area contributed by atoms with E-state index in [4.69, 9.17) is 4.74 Å². The van der Waals surface area contributed by atoms with E-state index in [1.54, 1.807) is 24.3 Å². The Kier molecular flexibility index (Phi) is 6.79. The second-order valence-corrected chi connectivity index (χ2v) is 6.95. The number of nitrogens with one attached hydrogen (secondary N) is 3. The molecule has 1 aromatic carbocycles. The molecule has 10 nitrogen and oxygen atoms in total. The molecule has 2 amide bonds. The summed E-state index contributed by atoms with van der Waals surface area (Å²) in [4.78, 5) is 61.1. The third-order valence-corrected chi connectivity index (χ3v) is 4.70. The highest BCUT2D eigenvalue weighted by atomic mass is 16.5. The number of amides is 2. The zero-order valence-electron chi connectivity index (χ0n) is 16.2. The predicted molar refractivity (Wildman–Crippen MR) is 107 cm³/mol. The summed E-state index contributed by atoms with van der Waals surface area (Å²) in [6.45, 7) is -1.04. The van der Waals surface area contributed by atoms with Crippen LogP contribution in [0.1, 0.15) is 36.0 Å². The van der Waals surface area contributed by atoms with Gasteiger partial charge < -0.3 is 15.4 Å². The van der Waals surface area contributed by atoms with Crippen molar-refractivity contribution in [3.8, 4) is 0 Å². The molecule has 1 fully saturated rings. The number of ether oxygens (including phenoxy) is 1.